The highest BCUT2D eigenvalue weighted by Gasteiger charge is 1.95. The Morgan fingerprint density at radius 3 is 1.43 bits per heavy atom. The van der Waals surface area contributed by atoms with Gasteiger partial charge in [0, 0.05) is 101 Å². The smallest absolute Gasteiger partial charge is 0.222 e. The first-order valence-corrected chi connectivity index (χ1v) is 15.9. The molecule has 0 bridgehead atoms. The Labute approximate surface area is 294 Å². The van der Waals surface area contributed by atoms with Crippen molar-refractivity contribution in [2.45, 2.75) is 59.4 Å². The summed E-state index contributed by atoms with van der Waals surface area (Å²) in [6, 6.07) is 1.95. The van der Waals surface area contributed by atoms with E-state index in [1.165, 1.54) is 25.2 Å². The Kier molecular flexibility index (Phi) is 29.7. The second-order valence-corrected chi connectivity index (χ2v) is 10.2. The van der Waals surface area contributed by atoms with Crippen LogP contribution in [0.5, 0.6) is 0 Å². The zero-order chi connectivity index (χ0) is 35.7. The largest absolute Gasteiger partial charge is 0.400 e. The first kappa shape index (κ1) is 42.9. The van der Waals surface area contributed by atoms with Crippen LogP contribution in [-0.4, -0.2) is 72.5 Å². The van der Waals surface area contributed by atoms with Crippen LogP contribution in [0, 0.1) is 11.3 Å². The molecule has 1 fully saturated rings. The van der Waals surface area contributed by atoms with Crippen LogP contribution in [0.25, 0.3) is 0 Å². The van der Waals surface area contributed by atoms with E-state index in [0.717, 1.165) is 71.6 Å². The number of alkyl halides is 1. The summed E-state index contributed by atoms with van der Waals surface area (Å²) in [5, 5.41) is 15.6. The molecule has 1 aliphatic heterocycles. The van der Waals surface area contributed by atoms with Gasteiger partial charge in [0.05, 0.1) is 23.0 Å². The lowest BCUT2D eigenvalue weighted by Crippen LogP contribution is -2.00. The third-order valence-electron chi connectivity index (χ3n) is 4.87. The summed E-state index contributed by atoms with van der Waals surface area (Å²) in [5.41, 5.74) is 6.86. The molecule has 16 heteroatoms. The van der Waals surface area contributed by atoms with Gasteiger partial charge in [0.15, 0.2) is 0 Å². The number of aliphatic hydroxyl groups excluding tert-OH is 1. The van der Waals surface area contributed by atoms with E-state index in [2.05, 4.69) is 71.7 Å². The van der Waals surface area contributed by atoms with Crippen molar-refractivity contribution in [1.82, 2.24) is 39.9 Å². The van der Waals surface area contributed by atoms with Crippen molar-refractivity contribution in [2.24, 2.45) is 5.73 Å². The number of hydrogen-bond donors (Lipinski definition) is 2. The summed E-state index contributed by atoms with van der Waals surface area (Å²) < 4.78 is 22.2. The highest BCUT2D eigenvalue weighted by Crippen LogP contribution is 2.06. The van der Waals surface area contributed by atoms with Crippen molar-refractivity contribution in [3.05, 3.63) is 92.4 Å². The lowest BCUT2D eigenvalue weighted by molar-refractivity contribution is 0.198. The van der Waals surface area contributed by atoms with E-state index in [4.69, 9.17) is 33.8 Å². The summed E-state index contributed by atoms with van der Waals surface area (Å²) in [4.78, 5) is 31.5. The summed E-state index contributed by atoms with van der Waals surface area (Å²) in [6.07, 6.45) is 18.4. The quantitative estimate of drug-likeness (QED) is 0.227. The van der Waals surface area contributed by atoms with Gasteiger partial charge in [-0.15, -0.1) is 0 Å². The fourth-order valence-corrected chi connectivity index (χ4v) is 3.10. The monoisotopic (exact) mass is 787 g/mol. The number of nitriles is 1. The molecule has 1 saturated heterocycles. The van der Waals surface area contributed by atoms with Crippen LogP contribution in [0.3, 0.4) is 0 Å². The van der Waals surface area contributed by atoms with Gasteiger partial charge < -0.3 is 15.6 Å². The first-order chi connectivity index (χ1) is 22.8. The molecule has 46 heavy (non-hydrogen) atoms. The Hall–Kier alpha value is -3.13. The highest BCUT2D eigenvalue weighted by molar-refractivity contribution is 9.10. The summed E-state index contributed by atoms with van der Waals surface area (Å²) >= 11 is 11.8. The van der Waals surface area contributed by atoms with E-state index in [9.17, 15) is 4.39 Å². The van der Waals surface area contributed by atoms with Gasteiger partial charge >= 0.3 is 0 Å². The molecule has 3 N–H and O–H groups in total. The third kappa shape index (κ3) is 24.1. The molecule has 0 unspecified atom stereocenters. The van der Waals surface area contributed by atoms with Gasteiger partial charge in [0.25, 0.3) is 0 Å². The van der Waals surface area contributed by atoms with Crippen molar-refractivity contribution in [3.63, 3.8) is 0 Å². The zero-order valence-electron chi connectivity index (χ0n) is 27.5. The Morgan fingerprint density at radius 2 is 1.15 bits per heavy atom. The first-order valence-electron chi connectivity index (χ1n) is 14.6. The standard InChI is InChI=1S/C7H11N3.C7H7N3.C6H7BrN2.C4H2BrClN2.C4H8O.CH3F.CH4O/c2*1-2-7-9-4-6(3-8)5-10-7;1-2-6-8-3-5(7)4-9-6;5-3-1-7-4(6)8-2-3;1-2-4-5-3-1;2*1-2/h4-5H,2-3,8H2,1H3;4-5H,2H2,1H3;3-4H,2H2,1H3;1-2H;1-4H2;1H3;2H,1H3/i;;;;;1D;. The molecule has 5 rings (SSSR count). The number of rotatable bonds is 4. The number of ether oxygens (including phenoxy) is 1. The van der Waals surface area contributed by atoms with Crippen molar-refractivity contribution in [1.29, 1.82) is 5.26 Å². The molecular formula is C30H42Br2ClFN10O2. The number of aromatic nitrogens is 8. The highest BCUT2D eigenvalue weighted by atomic mass is 79.9. The van der Waals surface area contributed by atoms with Gasteiger partial charge in [0.2, 0.25) is 5.28 Å². The molecule has 0 saturated carbocycles. The Bertz CT molecular complexity index is 1260. The van der Waals surface area contributed by atoms with E-state index >= 15 is 0 Å². The number of hydrogen-bond acceptors (Lipinski definition) is 12. The van der Waals surface area contributed by atoms with Crippen molar-refractivity contribution in [2.75, 3.05) is 27.5 Å². The Balaban J connectivity index is 0. The van der Waals surface area contributed by atoms with Crippen LogP contribution in [0.4, 0.5) is 4.39 Å². The van der Waals surface area contributed by atoms with E-state index in [-0.39, 0.29) is 5.28 Å². The maximum atomic E-state index is 9.96. The van der Waals surface area contributed by atoms with Crippen LogP contribution in [-0.2, 0) is 30.5 Å². The molecule has 0 aliphatic carbocycles. The van der Waals surface area contributed by atoms with Gasteiger partial charge in [-0.3, -0.25) is 4.39 Å². The lowest BCUT2D eigenvalue weighted by Gasteiger charge is -1.95. The second kappa shape index (κ2) is 31.8. The van der Waals surface area contributed by atoms with Crippen molar-refractivity contribution >= 4 is 43.5 Å². The molecule has 4 aromatic heterocycles. The van der Waals surface area contributed by atoms with Crippen LogP contribution >= 0.6 is 43.5 Å². The van der Waals surface area contributed by atoms with Crippen LogP contribution in [0.1, 0.15) is 63.6 Å². The van der Waals surface area contributed by atoms with E-state index in [1.54, 1.807) is 37.2 Å². The number of nitrogens with two attached hydrogens (primary N) is 1. The van der Waals surface area contributed by atoms with Gasteiger partial charge in [-0.1, -0.05) is 20.8 Å². The van der Waals surface area contributed by atoms with Crippen molar-refractivity contribution in [3.8, 4) is 6.07 Å². The van der Waals surface area contributed by atoms with E-state index in [0.29, 0.717) is 12.1 Å². The molecule has 5 heterocycles. The van der Waals surface area contributed by atoms with Gasteiger partial charge in [-0.05, 0) is 56.3 Å². The number of halogens is 4. The van der Waals surface area contributed by atoms with Crippen LogP contribution in [0.15, 0.2) is 58.5 Å². The summed E-state index contributed by atoms with van der Waals surface area (Å²) in [7, 11) is 0. The fourth-order valence-electron chi connectivity index (χ4n) is 2.59. The molecule has 0 atom stereocenters. The van der Waals surface area contributed by atoms with Crippen molar-refractivity contribution < 1.29 is 15.6 Å². The second-order valence-electron chi connectivity index (χ2n) is 8.08. The maximum Gasteiger partial charge on any atom is 0.222 e. The minimum absolute atomic E-state index is 0.271. The molecule has 12 nitrogen and oxygen atoms in total. The zero-order valence-corrected chi connectivity index (χ0v) is 30.4. The summed E-state index contributed by atoms with van der Waals surface area (Å²) in [6.45, 7) is 8.55. The molecule has 4 aromatic rings. The molecule has 0 radical (unpaired) electrons. The number of aliphatic hydroxyl groups is 1. The molecule has 252 valence electrons. The molecular weight excluding hydrogens is 747 g/mol. The SMILES string of the molecule is C1CCOC1.CCc1ncc(Br)cn1.CCc1ncc(C#N)cn1.CCc1ncc(CN)cn1.CO.Clc1ncc(Br)cn1.[2H]CF. The van der Waals surface area contributed by atoms with Gasteiger partial charge in [0.1, 0.15) is 23.5 Å². The van der Waals surface area contributed by atoms with Gasteiger partial charge in [-0.25, -0.2) is 39.9 Å². The molecule has 0 amide bonds. The number of nitrogens with zero attached hydrogens (tertiary/aromatic N) is 9. The molecule has 0 aromatic carbocycles. The number of aryl methyl sites for hydroxylation is 3. The predicted octanol–water partition coefficient (Wildman–Crippen LogP) is 6.09. The van der Waals surface area contributed by atoms with Crippen LogP contribution in [0.2, 0.25) is 5.28 Å². The average Bonchev–Trinajstić information content (AvgIpc) is 3.73. The normalized spacial score (nSPS) is 10.7. The average molecular weight is 790 g/mol. The predicted molar refractivity (Wildman–Crippen MR) is 185 cm³/mol. The minimum atomic E-state index is -1.00. The third-order valence-corrected chi connectivity index (χ3v) is 5.88. The summed E-state index contributed by atoms with van der Waals surface area (Å²) in [5.74, 6) is 2.54. The van der Waals surface area contributed by atoms with Gasteiger partial charge in [-0.2, -0.15) is 5.26 Å². The maximum absolute atomic E-state index is 9.96. The van der Waals surface area contributed by atoms with E-state index in [1.807, 2.05) is 26.8 Å². The van der Waals surface area contributed by atoms with Crippen LogP contribution < -0.4 is 5.73 Å². The topological polar surface area (TPSA) is 182 Å². The molecule has 0 spiro atoms. The van der Waals surface area contributed by atoms with E-state index < -0.39 is 7.15 Å². The minimum Gasteiger partial charge on any atom is -0.400 e. The lowest BCUT2D eigenvalue weighted by atomic mass is 10.3. The Morgan fingerprint density at radius 1 is 0.804 bits per heavy atom. The fraction of sp³-hybridized carbons (Fsp3) is 0.433. The molecule has 1 aliphatic rings.